The Hall–Kier alpha value is -2.26. The molecule has 0 aliphatic carbocycles. The van der Waals surface area contributed by atoms with E-state index in [-0.39, 0.29) is 17.4 Å². The van der Waals surface area contributed by atoms with Crippen LogP contribution >= 0.6 is 39.1 Å². The van der Waals surface area contributed by atoms with Gasteiger partial charge in [-0.15, -0.1) is 0 Å². The molecule has 0 spiro atoms. The van der Waals surface area contributed by atoms with Gasteiger partial charge >= 0.3 is 0 Å². The molecule has 0 atom stereocenters. The second-order valence-corrected chi connectivity index (χ2v) is 12.2. The fourth-order valence-corrected chi connectivity index (χ4v) is 6.49. The normalized spacial score (nSPS) is 14.5. The maximum atomic E-state index is 12.9. The lowest BCUT2D eigenvalue weighted by Crippen LogP contribution is -2.40. The van der Waals surface area contributed by atoms with Crippen LogP contribution in [0, 0.1) is 0 Å². The highest BCUT2D eigenvalue weighted by Gasteiger charge is 2.25. The Morgan fingerprint density at radius 2 is 1.61 bits per heavy atom. The minimum atomic E-state index is -3.73. The lowest BCUT2D eigenvalue weighted by Gasteiger charge is -2.32. The number of halogens is 3. The molecule has 1 aliphatic rings. The highest BCUT2D eigenvalue weighted by Crippen LogP contribution is 2.34. The van der Waals surface area contributed by atoms with E-state index in [4.69, 9.17) is 27.9 Å². The van der Waals surface area contributed by atoms with Crippen molar-refractivity contribution in [1.82, 2.24) is 4.90 Å². The Labute approximate surface area is 229 Å². The summed E-state index contributed by atoms with van der Waals surface area (Å²) in [5.74, 6) is 0.787. The first kappa shape index (κ1) is 26.8. The first-order valence-electron chi connectivity index (χ1n) is 11.4. The zero-order chi connectivity index (χ0) is 25.9. The van der Waals surface area contributed by atoms with E-state index in [2.05, 4.69) is 15.9 Å². The van der Waals surface area contributed by atoms with Gasteiger partial charge in [0.05, 0.1) is 10.6 Å². The molecule has 1 fully saturated rings. The van der Waals surface area contributed by atoms with Gasteiger partial charge in [-0.1, -0.05) is 45.2 Å². The van der Waals surface area contributed by atoms with Gasteiger partial charge in [0, 0.05) is 34.7 Å². The van der Waals surface area contributed by atoms with Crippen LogP contribution < -0.4 is 9.04 Å². The quantitative estimate of drug-likeness (QED) is 0.311. The van der Waals surface area contributed by atoms with Crippen LogP contribution in [0.15, 0.2) is 76.1 Å². The zero-order valence-electron chi connectivity index (χ0n) is 19.5. The smallest absolute Gasteiger partial charge is 0.264 e. The van der Waals surface area contributed by atoms with Crippen molar-refractivity contribution in [1.29, 1.82) is 0 Å². The van der Waals surface area contributed by atoms with Crippen molar-refractivity contribution in [2.24, 2.45) is 0 Å². The van der Waals surface area contributed by atoms with Gasteiger partial charge in [-0.25, -0.2) is 8.42 Å². The number of hydrogen-bond donors (Lipinski definition) is 0. The van der Waals surface area contributed by atoms with Crippen LogP contribution in [0.25, 0.3) is 0 Å². The van der Waals surface area contributed by atoms with Crippen molar-refractivity contribution in [3.8, 4) is 5.75 Å². The van der Waals surface area contributed by atoms with Crippen molar-refractivity contribution in [3.05, 3.63) is 86.8 Å². The molecule has 10 heteroatoms. The SMILES string of the molecule is CN(c1ccc(OCC(=O)N2CCC(c3ccc(Cl)cc3Br)CC2)cc1)S(=O)(=O)c1ccc(Cl)cc1. The molecule has 1 saturated heterocycles. The number of carbonyl (C=O) groups is 1. The van der Waals surface area contributed by atoms with E-state index in [0.29, 0.717) is 40.5 Å². The maximum absolute atomic E-state index is 12.9. The van der Waals surface area contributed by atoms with E-state index >= 15 is 0 Å². The third kappa shape index (κ3) is 6.17. The van der Waals surface area contributed by atoms with E-state index in [0.717, 1.165) is 17.3 Å². The molecule has 0 aromatic heterocycles. The van der Waals surface area contributed by atoms with E-state index in [1.807, 2.05) is 23.1 Å². The van der Waals surface area contributed by atoms with Gasteiger partial charge < -0.3 is 9.64 Å². The van der Waals surface area contributed by atoms with E-state index in [1.165, 1.54) is 41.2 Å². The average molecular weight is 612 g/mol. The molecule has 36 heavy (non-hydrogen) atoms. The van der Waals surface area contributed by atoms with Crippen LogP contribution in [-0.4, -0.2) is 46.0 Å². The van der Waals surface area contributed by atoms with Gasteiger partial charge in [-0.2, -0.15) is 0 Å². The summed E-state index contributed by atoms with van der Waals surface area (Å²) in [6, 6.07) is 18.4. The summed E-state index contributed by atoms with van der Waals surface area (Å²) in [7, 11) is -2.25. The molecule has 3 aromatic rings. The number of amides is 1. The molecule has 0 bridgehead atoms. The number of ether oxygens (including phenoxy) is 1. The largest absolute Gasteiger partial charge is 0.484 e. The van der Waals surface area contributed by atoms with Gasteiger partial charge in [0.2, 0.25) is 0 Å². The number of sulfonamides is 1. The average Bonchev–Trinajstić information content (AvgIpc) is 2.87. The van der Waals surface area contributed by atoms with E-state index in [9.17, 15) is 13.2 Å². The fraction of sp³-hybridized carbons (Fsp3) is 0.269. The number of likely N-dealkylation sites (tertiary alicyclic amines) is 1. The molecule has 4 rings (SSSR count). The molecular formula is C26H25BrCl2N2O4S. The number of hydrogen-bond acceptors (Lipinski definition) is 4. The molecular weight excluding hydrogens is 587 g/mol. The number of rotatable bonds is 7. The molecule has 1 aliphatic heterocycles. The zero-order valence-corrected chi connectivity index (χ0v) is 23.4. The van der Waals surface area contributed by atoms with Crippen molar-refractivity contribution >= 4 is 60.7 Å². The van der Waals surface area contributed by atoms with Gasteiger partial charge in [-0.3, -0.25) is 9.10 Å². The lowest BCUT2D eigenvalue weighted by molar-refractivity contribution is -0.134. The molecule has 1 amide bonds. The van der Waals surface area contributed by atoms with Crippen LogP contribution in [0.2, 0.25) is 10.0 Å². The van der Waals surface area contributed by atoms with Crippen LogP contribution in [0.1, 0.15) is 24.3 Å². The Bertz CT molecular complexity index is 1330. The van der Waals surface area contributed by atoms with E-state index in [1.54, 1.807) is 24.3 Å². The highest BCUT2D eigenvalue weighted by atomic mass is 79.9. The number of benzene rings is 3. The van der Waals surface area contributed by atoms with Crippen LogP contribution in [0.3, 0.4) is 0 Å². The second-order valence-electron chi connectivity index (χ2n) is 8.53. The third-order valence-corrected chi connectivity index (χ3v) is 9.26. The summed E-state index contributed by atoms with van der Waals surface area (Å²) in [6.45, 7) is 1.25. The van der Waals surface area contributed by atoms with Crippen molar-refractivity contribution in [2.75, 3.05) is 31.0 Å². The van der Waals surface area contributed by atoms with Gasteiger partial charge in [-0.05, 0) is 85.0 Å². The Morgan fingerprint density at radius 3 is 2.22 bits per heavy atom. The summed E-state index contributed by atoms with van der Waals surface area (Å²) in [4.78, 5) is 14.7. The molecule has 0 radical (unpaired) electrons. The topological polar surface area (TPSA) is 66.9 Å². The van der Waals surface area contributed by atoms with Crippen LogP contribution in [0.4, 0.5) is 5.69 Å². The Morgan fingerprint density at radius 1 is 1.00 bits per heavy atom. The predicted molar refractivity (Wildman–Crippen MR) is 147 cm³/mol. The van der Waals surface area contributed by atoms with E-state index < -0.39 is 10.0 Å². The number of carbonyl (C=O) groups excluding carboxylic acids is 1. The Kier molecular flexibility index (Phi) is 8.50. The minimum absolute atomic E-state index is 0.0740. The Balaban J connectivity index is 1.30. The molecule has 0 saturated carbocycles. The second kappa shape index (κ2) is 11.4. The van der Waals surface area contributed by atoms with Gasteiger partial charge in [0.25, 0.3) is 15.9 Å². The fourth-order valence-electron chi connectivity index (χ4n) is 4.16. The summed E-state index contributed by atoms with van der Waals surface area (Å²) in [6.07, 6.45) is 1.74. The number of anilines is 1. The van der Waals surface area contributed by atoms with Crippen molar-refractivity contribution in [3.63, 3.8) is 0 Å². The van der Waals surface area contributed by atoms with Crippen LogP contribution in [0.5, 0.6) is 5.75 Å². The first-order chi connectivity index (χ1) is 17.1. The standard InChI is InChI=1S/C26H25BrCl2N2O4S/c1-30(36(33,34)23-9-2-19(28)3-10-23)21-5-7-22(8-6-21)35-17-26(32)31-14-12-18(13-15-31)24-11-4-20(29)16-25(24)27/h2-11,16,18H,12-15,17H2,1H3. The molecule has 1 heterocycles. The molecule has 0 N–H and O–H groups in total. The molecule has 3 aromatic carbocycles. The van der Waals surface area contributed by atoms with Crippen molar-refractivity contribution in [2.45, 2.75) is 23.7 Å². The number of nitrogens with zero attached hydrogens (tertiary/aromatic N) is 2. The molecule has 190 valence electrons. The first-order valence-corrected chi connectivity index (χ1v) is 14.3. The monoisotopic (exact) mass is 610 g/mol. The predicted octanol–water partition coefficient (Wildman–Crippen LogP) is 6.37. The molecule has 6 nitrogen and oxygen atoms in total. The summed E-state index contributed by atoms with van der Waals surface area (Å²) >= 11 is 15.5. The van der Waals surface area contributed by atoms with Crippen molar-refractivity contribution < 1.29 is 17.9 Å². The van der Waals surface area contributed by atoms with Gasteiger partial charge in [0.15, 0.2) is 6.61 Å². The summed E-state index contributed by atoms with van der Waals surface area (Å²) < 4.78 is 33.6. The summed E-state index contributed by atoms with van der Waals surface area (Å²) in [5, 5.41) is 1.16. The highest BCUT2D eigenvalue weighted by molar-refractivity contribution is 9.10. The van der Waals surface area contributed by atoms with Gasteiger partial charge in [0.1, 0.15) is 5.75 Å². The van der Waals surface area contributed by atoms with Crippen LogP contribution in [-0.2, 0) is 14.8 Å². The minimum Gasteiger partial charge on any atom is -0.484 e. The maximum Gasteiger partial charge on any atom is 0.264 e. The third-order valence-electron chi connectivity index (χ3n) is 6.28. The summed E-state index contributed by atoms with van der Waals surface area (Å²) in [5.41, 5.74) is 1.69. The molecule has 0 unspecified atom stereocenters. The number of piperidine rings is 1. The lowest BCUT2D eigenvalue weighted by atomic mass is 9.89.